The maximum Gasteiger partial charge on any atom is 0.160 e. The summed E-state index contributed by atoms with van der Waals surface area (Å²) in [6.07, 6.45) is 5.04. The largest absolute Gasteiger partial charge is 0.494 e. The number of aryl methyl sites for hydroxylation is 1. The first-order valence-corrected chi connectivity index (χ1v) is 7.15. The smallest absolute Gasteiger partial charge is 0.160 e. The van der Waals surface area contributed by atoms with Gasteiger partial charge in [0.05, 0.1) is 18.0 Å². The standard InChI is InChI=1S/C17H19N3O/c1-3-8-21-14-6-4-13(5-7-14)16-11-20-10-12(2)9-15(18)17(20)19-16/h4-7,9-11H,3,8,18H2,1-2H3. The molecule has 0 unspecified atom stereocenters. The minimum absolute atomic E-state index is 0.698. The molecule has 0 aliphatic rings. The van der Waals surface area contributed by atoms with Crippen molar-refractivity contribution >= 4 is 11.3 Å². The molecule has 2 N–H and O–H groups in total. The molecule has 2 heterocycles. The number of hydrogen-bond donors (Lipinski definition) is 1. The van der Waals surface area contributed by atoms with Gasteiger partial charge in [0, 0.05) is 18.0 Å². The molecule has 0 atom stereocenters. The summed E-state index contributed by atoms with van der Waals surface area (Å²) in [4.78, 5) is 4.61. The van der Waals surface area contributed by atoms with E-state index in [1.165, 1.54) is 0 Å². The third-order valence-corrected chi connectivity index (χ3v) is 3.34. The average Bonchev–Trinajstić information content (AvgIpc) is 2.90. The van der Waals surface area contributed by atoms with Crippen LogP contribution in [-0.2, 0) is 0 Å². The highest BCUT2D eigenvalue weighted by molar-refractivity contribution is 5.71. The molecule has 21 heavy (non-hydrogen) atoms. The van der Waals surface area contributed by atoms with Crippen LogP contribution in [0, 0.1) is 6.92 Å². The average molecular weight is 281 g/mol. The Morgan fingerprint density at radius 3 is 2.67 bits per heavy atom. The third kappa shape index (κ3) is 2.70. The van der Waals surface area contributed by atoms with Crippen molar-refractivity contribution in [3.8, 4) is 17.0 Å². The first-order chi connectivity index (χ1) is 10.2. The van der Waals surface area contributed by atoms with E-state index in [-0.39, 0.29) is 0 Å². The van der Waals surface area contributed by atoms with E-state index < -0.39 is 0 Å². The van der Waals surface area contributed by atoms with E-state index in [1.807, 2.05) is 54.0 Å². The van der Waals surface area contributed by atoms with Crippen LogP contribution in [0.25, 0.3) is 16.9 Å². The lowest BCUT2D eigenvalue weighted by Gasteiger charge is -2.04. The Balaban J connectivity index is 1.95. The highest BCUT2D eigenvalue weighted by atomic mass is 16.5. The lowest BCUT2D eigenvalue weighted by Crippen LogP contribution is -1.94. The lowest BCUT2D eigenvalue weighted by atomic mass is 10.2. The molecule has 3 aromatic rings. The van der Waals surface area contributed by atoms with Gasteiger partial charge in [-0.15, -0.1) is 0 Å². The van der Waals surface area contributed by atoms with Crippen molar-refractivity contribution in [1.82, 2.24) is 9.38 Å². The highest BCUT2D eigenvalue weighted by Gasteiger charge is 2.07. The number of rotatable bonds is 4. The number of aromatic nitrogens is 2. The number of nitrogens with two attached hydrogens (primary N) is 1. The van der Waals surface area contributed by atoms with E-state index >= 15 is 0 Å². The fourth-order valence-electron chi connectivity index (χ4n) is 2.35. The molecule has 0 amide bonds. The minimum atomic E-state index is 0.698. The summed E-state index contributed by atoms with van der Waals surface area (Å²) in [6.45, 7) is 4.86. The molecule has 0 radical (unpaired) electrons. The van der Waals surface area contributed by atoms with Crippen LogP contribution in [0.2, 0.25) is 0 Å². The molecule has 0 aliphatic carbocycles. The van der Waals surface area contributed by atoms with Crippen molar-refractivity contribution in [2.45, 2.75) is 20.3 Å². The van der Waals surface area contributed by atoms with Gasteiger partial charge >= 0.3 is 0 Å². The van der Waals surface area contributed by atoms with E-state index in [0.717, 1.165) is 41.2 Å². The van der Waals surface area contributed by atoms with E-state index in [2.05, 4.69) is 11.9 Å². The van der Waals surface area contributed by atoms with Crippen molar-refractivity contribution in [1.29, 1.82) is 0 Å². The second-order valence-corrected chi connectivity index (χ2v) is 5.20. The molecule has 0 saturated carbocycles. The van der Waals surface area contributed by atoms with E-state index in [9.17, 15) is 0 Å². The van der Waals surface area contributed by atoms with E-state index in [4.69, 9.17) is 10.5 Å². The molecule has 108 valence electrons. The van der Waals surface area contributed by atoms with Crippen LogP contribution in [0.4, 0.5) is 5.69 Å². The monoisotopic (exact) mass is 281 g/mol. The van der Waals surface area contributed by atoms with Gasteiger partial charge in [-0.3, -0.25) is 0 Å². The summed E-state index contributed by atoms with van der Waals surface area (Å²) < 4.78 is 7.57. The molecule has 0 saturated heterocycles. The summed E-state index contributed by atoms with van der Waals surface area (Å²) in [7, 11) is 0. The molecule has 0 aliphatic heterocycles. The van der Waals surface area contributed by atoms with Crippen molar-refractivity contribution in [3.05, 3.63) is 48.3 Å². The lowest BCUT2D eigenvalue weighted by molar-refractivity contribution is 0.317. The molecule has 2 aromatic heterocycles. The normalized spacial score (nSPS) is 11.0. The predicted octanol–water partition coefficient (Wildman–Crippen LogP) is 3.68. The number of fused-ring (bicyclic) bond motifs is 1. The van der Waals surface area contributed by atoms with Gasteiger partial charge in [-0.25, -0.2) is 4.98 Å². The zero-order valence-corrected chi connectivity index (χ0v) is 12.3. The van der Waals surface area contributed by atoms with Crippen molar-refractivity contribution in [2.75, 3.05) is 12.3 Å². The first kappa shape index (κ1) is 13.5. The molecule has 4 nitrogen and oxygen atoms in total. The minimum Gasteiger partial charge on any atom is -0.494 e. The van der Waals surface area contributed by atoms with Gasteiger partial charge in [0.15, 0.2) is 5.65 Å². The summed E-state index contributed by atoms with van der Waals surface area (Å²) >= 11 is 0. The number of pyridine rings is 1. The topological polar surface area (TPSA) is 52.5 Å². The highest BCUT2D eigenvalue weighted by Crippen LogP contribution is 2.24. The number of nitrogen functional groups attached to an aromatic ring is 1. The third-order valence-electron chi connectivity index (χ3n) is 3.34. The second kappa shape index (κ2) is 5.48. The van der Waals surface area contributed by atoms with Crippen molar-refractivity contribution in [2.24, 2.45) is 0 Å². The summed E-state index contributed by atoms with van der Waals surface area (Å²) in [5.41, 5.74) is 10.6. The fourth-order valence-corrected chi connectivity index (χ4v) is 2.35. The predicted molar refractivity (Wildman–Crippen MR) is 85.6 cm³/mol. The van der Waals surface area contributed by atoms with Gasteiger partial charge in [0.2, 0.25) is 0 Å². The summed E-state index contributed by atoms with van der Waals surface area (Å²) in [6, 6.07) is 9.94. The van der Waals surface area contributed by atoms with Crippen LogP contribution in [0.5, 0.6) is 5.75 Å². The Kier molecular flexibility index (Phi) is 3.52. The number of hydrogen-bond acceptors (Lipinski definition) is 3. The van der Waals surface area contributed by atoms with Gasteiger partial charge < -0.3 is 14.9 Å². The number of anilines is 1. The molecule has 1 aromatic carbocycles. The zero-order valence-electron chi connectivity index (χ0n) is 12.3. The Morgan fingerprint density at radius 1 is 1.19 bits per heavy atom. The van der Waals surface area contributed by atoms with Gasteiger partial charge in [0.25, 0.3) is 0 Å². The van der Waals surface area contributed by atoms with Gasteiger partial charge in [0.1, 0.15) is 5.75 Å². The molecule has 0 spiro atoms. The number of imidazole rings is 1. The van der Waals surface area contributed by atoms with Crippen LogP contribution < -0.4 is 10.5 Å². The molecular formula is C17H19N3O. The second-order valence-electron chi connectivity index (χ2n) is 5.20. The summed E-state index contributed by atoms with van der Waals surface area (Å²) in [5, 5.41) is 0. The Labute approximate surface area is 124 Å². The van der Waals surface area contributed by atoms with Gasteiger partial charge in [-0.1, -0.05) is 6.92 Å². The van der Waals surface area contributed by atoms with Crippen molar-refractivity contribution in [3.63, 3.8) is 0 Å². The number of ether oxygens (including phenoxy) is 1. The molecule has 0 fully saturated rings. The van der Waals surface area contributed by atoms with Gasteiger partial charge in [-0.2, -0.15) is 0 Å². The van der Waals surface area contributed by atoms with Crippen LogP contribution in [0.3, 0.4) is 0 Å². The quantitative estimate of drug-likeness (QED) is 0.793. The van der Waals surface area contributed by atoms with E-state index in [0.29, 0.717) is 5.69 Å². The SMILES string of the molecule is CCCOc1ccc(-c2cn3cc(C)cc(N)c3n2)cc1. The maximum absolute atomic E-state index is 6.02. The molecule has 4 heteroatoms. The first-order valence-electron chi connectivity index (χ1n) is 7.15. The maximum atomic E-state index is 6.02. The van der Waals surface area contributed by atoms with Crippen LogP contribution in [-0.4, -0.2) is 16.0 Å². The Bertz CT molecular complexity index is 760. The summed E-state index contributed by atoms with van der Waals surface area (Å²) in [5.74, 6) is 0.889. The molecule has 0 bridgehead atoms. The molecule has 3 rings (SSSR count). The van der Waals surface area contributed by atoms with Crippen LogP contribution >= 0.6 is 0 Å². The van der Waals surface area contributed by atoms with Crippen LogP contribution in [0.15, 0.2) is 42.7 Å². The zero-order chi connectivity index (χ0) is 14.8. The van der Waals surface area contributed by atoms with E-state index in [1.54, 1.807) is 0 Å². The fraction of sp³-hybridized carbons (Fsp3) is 0.235. The molecular weight excluding hydrogens is 262 g/mol. The van der Waals surface area contributed by atoms with Gasteiger partial charge in [-0.05, 0) is 49.2 Å². The van der Waals surface area contributed by atoms with Crippen LogP contribution in [0.1, 0.15) is 18.9 Å². The Morgan fingerprint density at radius 2 is 1.95 bits per heavy atom. The number of nitrogens with zero attached hydrogens (tertiary/aromatic N) is 2. The Hall–Kier alpha value is -2.49. The van der Waals surface area contributed by atoms with Crippen molar-refractivity contribution < 1.29 is 4.74 Å². The number of benzene rings is 1.